The Morgan fingerprint density at radius 1 is 1.30 bits per heavy atom. The van der Waals surface area contributed by atoms with Crippen LogP contribution < -0.4 is 0 Å². The number of hydrogen-bond acceptors (Lipinski definition) is 2. The van der Waals surface area contributed by atoms with Crippen molar-refractivity contribution in [3.05, 3.63) is 42.1 Å². The molecule has 0 aliphatic heterocycles. The predicted molar refractivity (Wildman–Crippen MR) is 80.4 cm³/mol. The largest absolute Gasteiger partial charge is 0.349 e. The molecule has 0 aliphatic carbocycles. The van der Waals surface area contributed by atoms with Crippen LogP contribution in [0.4, 0.5) is 0 Å². The van der Waals surface area contributed by atoms with Crippen LogP contribution >= 0.6 is 0 Å². The average Bonchev–Trinajstić information content (AvgIpc) is 2.81. The predicted octanol–water partition coefficient (Wildman–Crippen LogP) is 2.90. The Hall–Kier alpha value is -2.10. The van der Waals surface area contributed by atoms with Gasteiger partial charge >= 0.3 is 0 Å². The van der Waals surface area contributed by atoms with E-state index in [0.717, 1.165) is 16.8 Å². The molecular weight excluding hydrogens is 250 g/mol. The Bertz CT molecular complexity index is 587. The second-order valence-corrected chi connectivity index (χ2v) is 5.35. The molecular formula is C16H21N3O. The van der Waals surface area contributed by atoms with Gasteiger partial charge in [0.25, 0.3) is 0 Å². The van der Waals surface area contributed by atoms with Crippen molar-refractivity contribution < 1.29 is 4.79 Å². The molecule has 1 aromatic carbocycles. The molecule has 106 valence electrons. The number of benzene rings is 1. The number of aromatic nitrogens is 2. The lowest BCUT2D eigenvalue weighted by Gasteiger charge is -2.15. The highest BCUT2D eigenvalue weighted by Gasteiger charge is 2.15. The number of carbonyl (C=O) groups excluding carboxylic acids is 1. The summed E-state index contributed by atoms with van der Waals surface area (Å²) in [5, 5.41) is 4.64. The van der Waals surface area contributed by atoms with Crippen LogP contribution in [0.5, 0.6) is 0 Å². The Morgan fingerprint density at radius 2 is 1.95 bits per heavy atom. The van der Waals surface area contributed by atoms with Crippen molar-refractivity contribution in [2.24, 2.45) is 0 Å². The monoisotopic (exact) mass is 271 g/mol. The maximum Gasteiger partial charge on any atom is 0.224 e. The molecule has 2 aromatic rings. The molecule has 4 heteroatoms. The molecule has 1 unspecified atom stereocenters. The zero-order valence-electron chi connectivity index (χ0n) is 12.5. The van der Waals surface area contributed by atoms with E-state index in [1.54, 1.807) is 19.0 Å². The van der Waals surface area contributed by atoms with Gasteiger partial charge in [0.15, 0.2) is 0 Å². The van der Waals surface area contributed by atoms with Crippen LogP contribution in [-0.2, 0) is 4.79 Å². The van der Waals surface area contributed by atoms with Gasteiger partial charge in [-0.2, -0.15) is 5.10 Å². The third-order valence-electron chi connectivity index (χ3n) is 3.38. The number of hydrogen-bond donors (Lipinski definition) is 0. The van der Waals surface area contributed by atoms with E-state index in [1.165, 1.54) is 0 Å². The summed E-state index contributed by atoms with van der Waals surface area (Å²) < 4.78 is 1.89. The highest BCUT2D eigenvalue weighted by molar-refractivity contribution is 5.76. The molecule has 0 N–H and O–H groups in total. The maximum atomic E-state index is 11.8. The number of rotatable bonds is 4. The third kappa shape index (κ3) is 3.07. The van der Waals surface area contributed by atoms with Crippen LogP contribution in [-0.4, -0.2) is 34.7 Å². The van der Waals surface area contributed by atoms with Gasteiger partial charge in [0.1, 0.15) is 0 Å². The molecule has 0 saturated carbocycles. The SMILES string of the molecule is Cc1cn(C(C)CC(=O)N(C)C)nc1-c1ccccc1. The second kappa shape index (κ2) is 5.90. The minimum absolute atomic E-state index is 0.0565. The summed E-state index contributed by atoms with van der Waals surface area (Å²) in [6.45, 7) is 4.06. The first kappa shape index (κ1) is 14.3. The molecule has 0 saturated heterocycles. The molecule has 0 radical (unpaired) electrons. The Morgan fingerprint density at radius 3 is 2.55 bits per heavy atom. The lowest BCUT2D eigenvalue weighted by Crippen LogP contribution is -2.24. The third-order valence-corrected chi connectivity index (χ3v) is 3.38. The van der Waals surface area contributed by atoms with Gasteiger partial charge in [0.05, 0.1) is 11.7 Å². The maximum absolute atomic E-state index is 11.8. The summed E-state index contributed by atoms with van der Waals surface area (Å²) in [4.78, 5) is 13.4. The minimum Gasteiger partial charge on any atom is -0.349 e. The smallest absolute Gasteiger partial charge is 0.224 e. The summed E-state index contributed by atoms with van der Waals surface area (Å²) in [6, 6.07) is 10.2. The first-order chi connectivity index (χ1) is 9.49. The first-order valence-electron chi connectivity index (χ1n) is 6.80. The molecule has 1 amide bonds. The van der Waals surface area contributed by atoms with Gasteiger partial charge in [-0.05, 0) is 19.4 Å². The standard InChI is InChI=1S/C16H21N3O/c1-12-11-19(13(2)10-15(20)18(3)4)17-16(12)14-8-6-5-7-9-14/h5-9,11,13H,10H2,1-4H3. The van der Waals surface area contributed by atoms with Crippen molar-refractivity contribution in [3.63, 3.8) is 0 Å². The zero-order chi connectivity index (χ0) is 14.7. The molecule has 4 nitrogen and oxygen atoms in total. The zero-order valence-corrected chi connectivity index (χ0v) is 12.5. The van der Waals surface area contributed by atoms with E-state index in [-0.39, 0.29) is 11.9 Å². The van der Waals surface area contributed by atoms with Crippen molar-refractivity contribution in [1.29, 1.82) is 0 Å². The van der Waals surface area contributed by atoms with Crippen LogP contribution in [0.2, 0.25) is 0 Å². The van der Waals surface area contributed by atoms with Crippen molar-refractivity contribution in [3.8, 4) is 11.3 Å². The lowest BCUT2D eigenvalue weighted by atomic mass is 10.1. The molecule has 0 bridgehead atoms. The fourth-order valence-corrected chi connectivity index (χ4v) is 2.12. The topological polar surface area (TPSA) is 38.1 Å². The van der Waals surface area contributed by atoms with Crippen LogP contribution in [0.1, 0.15) is 24.9 Å². The van der Waals surface area contributed by atoms with E-state index >= 15 is 0 Å². The summed E-state index contributed by atoms with van der Waals surface area (Å²) in [6.07, 6.45) is 2.47. The number of nitrogens with zero attached hydrogens (tertiary/aromatic N) is 3. The van der Waals surface area contributed by atoms with Crippen LogP contribution in [0.25, 0.3) is 11.3 Å². The minimum atomic E-state index is 0.0565. The fraction of sp³-hybridized carbons (Fsp3) is 0.375. The molecule has 1 aromatic heterocycles. The van der Waals surface area contributed by atoms with E-state index in [0.29, 0.717) is 6.42 Å². The summed E-state index contributed by atoms with van der Waals surface area (Å²) in [7, 11) is 3.55. The van der Waals surface area contributed by atoms with Crippen LogP contribution in [0.3, 0.4) is 0 Å². The number of amides is 1. The molecule has 2 rings (SSSR count). The van der Waals surface area contributed by atoms with Crippen molar-refractivity contribution in [2.75, 3.05) is 14.1 Å². The highest BCUT2D eigenvalue weighted by atomic mass is 16.2. The van der Waals surface area contributed by atoms with E-state index in [1.807, 2.05) is 42.9 Å². The van der Waals surface area contributed by atoms with E-state index in [9.17, 15) is 4.79 Å². The Balaban J connectivity index is 2.21. The van der Waals surface area contributed by atoms with Crippen molar-refractivity contribution in [1.82, 2.24) is 14.7 Å². The lowest BCUT2D eigenvalue weighted by molar-refractivity contribution is -0.129. The molecule has 0 fully saturated rings. The molecule has 0 spiro atoms. The quantitative estimate of drug-likeness (QED) is 0.857. The van der Waals surface area contributed by atoms with E-state index in [4.69, 9.17) is 0 Å². The molecule has 20 heavy (non-hydrogen) atoms. The van der Waals surface area contributed by atoms with Gasteiger partial charge in [0.2, 0.25) is 5.91 Å². The van der Waals surface area contributed by atoms with Gasteiger partial charge in [-0.1, -0.05) is 30.3 Å². The van der Waals surface area contributed by atoms with Gasteiger partial charge in [-0.25, -0.2) is 0 Å². The van der Waals surface area contributed by atoms with Gasteiger partial charge < -0.3 is 4.90 Å². The Labute approximate surface area is 120 Å². The summed E-state index contributed by atoms with van der Waals surface area (Å²) >= 11 is 0. The molecule has 1 atom stereocenters. The average molecular weight is 271 g/mol. The summed E-state index contributed by atoms with van der Waals surface area (Å²) in [5.41, 5.74) is 3.21. The number of aryl methyl sites for hydroxylation is 1. The van der Waals surface area contributed by atoms with Crippen LogP contribution in [0.15, 0.2) is 36.5 Å². The van der Waals surface area contributed by atoms with Gasteiger partial charge in [-0.3, -0.25) is 9.48 Å². The van der Waals surface area contributed by atoms with E-state index in [2.05, 4.69) is 17.2 Å². The Kier molecular flexibility index (Phi) is 4.23. The highest BCUT2D eigenvalue weighted by Crippen LogP contribution is 2.23. The normalized spacial score (nSPS) is 12.2. The first-order valence-corrected chi connectivity index (χ1v) is 6.80. The molecule has 1 heterocycles. The van der Waals surface area contributed by atoms with Crippen molar-refractivity contribution in [2.45, 2.75) is 26.3 Å². The van der Waals surface area contributed by atoms with Gasteiger partial charge in [-0.15, -0.1) is 0 Å². The van der Waals surface area contributed by atoms with E-state index < -0.39 is 0 Å². The summed E-state index contributed by atoms with van der Waals surface area (Å²) in [5.74, 6) is 0.118. The second-order valence-electron chi connectivity index (χ2n) is 5.35. The number of carbonyl (C=O) groups is 1. The van der Waals surface area contributed by atoms with Gasteiger partial charge in [0, 0.05) is 32.3 Å². The molecule has 0 aliphatic rings. The van der Waals surface area contributed by atoms with Crippen LogP contribution in [0, 0.1) is 6.92 Å². The van der Waals surface area contributed by atoms with Crippen molar-refractivity contribution >= 4 is 5.91 Å². The fourth-order valence-electron chi connectivity index (χ4n) is 2.12.